The SMILES string of the molecule is CC(C)Cc1coc(C2CCC2)n1. The van der Waals surface area contributed by atoms with Crippen LogP contribution in [0.2, 0.25) is 0 Å². The van der Waals surface area contributed by atoms with E-state index in [-0.39, 0.29) is 0 Å². The summed E-state index contributed by atoms with van der Waals surface area (Å²) in [6.07, 6.45) is 6.74. The first-order valence-electron chi connectivity index (χ1n) is 5.20. The third kappa shape index (κ3) is 1.93. The molecule has 1 aliphatic rings. The second-order valence-corrected chi connectivity index (χ2v) is 4.40. The number of oxazole rings is 1. The quantitative estimate of drug-likeness (QED) is 0.712. The van der Waals surface area contributed by atoms with Crippen molar-refractivity contribution in [2.75, 3.05) is 0 Å². The summed E-state index contributed by atoms with van der Waals surface area (Å²) < 4.78 is 5.46. The zero-order valence-electron chi connectivity index (χ0n) is 8.42. The lowest BCUT2D eigenvalue weighted by Gasteiger charge is -2.21. The van der Waals surface area contributed by atoms with Gasteiger partial charge in [0.05, 0.1) is 5.69 Å². The number of aromatic nitrogens is 1. The van der Waals surface area contributed by atoms with Crippen molar-refractivity contribution in [1.29, 1.82) is 0 Å². The Morgan fingerprint density at radius 3 is 2.85 bits per heavy atom. The molecule has 13 heavy (non-hydrogen) atoms. The van der Waals surface area contributed by atoms with Crippen LogP contribution in [0.4, 0.5) is 0 Å². The summed E-state index contributed by atoms with van der Waals surface area (Å²) in [7, 11) is 0. The fourth-order valence-electron chi connectivity index (χ4n) is 1.68. The Kier molecular flexibility index (Phi) is 2.38. The van der Waals surface area contributed by atoms with Crippen molar-refractivity contribution in [3.05, 3.63) is 17.8 Å². The summed E-state index contributed by atoms with van der Waals surface area (Å²) in [5, 5.41) is 0. The lowest BCUT2D eigenvalue weighted by Crippen LogP contribution is -2.09. The summed E-state index contributed by atoms with van der Waals surface area (Å²) in [5.74, 6) is 2.27. The number of hydrogen-bond acceptors (Lipinski definition) is 2. The molecule has 2 nitrogen and oxygen atoms in total. The second-order valence-electron chi connectivity index (χ2n) is 4.40. The normalized spacial score (nSPS) is 17.8. The third-order valence-corrected chi connectivity index (χ3v) is 2.64. The van der Waals surface area contributed by atoms with E-state index < -0.39 is 0 Å². The van der Waals surface area contributed by atoms with E-state index in [4.69, 9.17) is 4.42 Å². The van der Waals surface area contributed by atoms with E-state index in [1.165, 1.54) is 19.3 Å². The lowest BCUT2D eigenvalue weighted by atomic mass is 9.85. The highest BCUT2D eigenvalue weighted by molar-refractivity contribution is 5.03. The Hall–Kier alpha value is -0.790. The van der Waals surface area contributed by atoms with Crippen molar-refractivity contribution in [2.24, 2.45) is 5.92 Å². The molecule has 1 aromatic heterocycles. The summed E-state index contributed by atoms with van der Waals surface area (Å²) in [6.45, 7) is 4.41. The van der Waals surface area contributed by atoms with Crippen molar-refractivity contribution < 1.29 is 4.42 Å². The van der Waals surface area contributed by atoms with Crippen LogP contribution in [0.3, 0.4) is 0 Å². The molecule has 0 aliphatic heterocycles. The first-order valence-corrected chi connectivity index (χ1v) is 5.20. The molecule has 0 aromatic carbocycles. The lowest BCUT2D eigenvalue weighted by molar-refractivity contribution is 0.335. The number of rotatable bonds is 3. The molecular formula is C11H17NO. The Balaban J connectivity index is 2.00. The molecule has 1 aromatic rings. The predicted molar refractivity (Wildman–Crippen MR) is 51.6 cm³/mol. The maximum atomic E-state index is 5.46. The Morgan fingerprint density at radius 1 is 1.54 bits per heavy atom. The van der Waals surface area contributed by atoms with Gasteiger partial charge in [-0.25, -0.2) is 4.98 Å². The van der Waals surface area contributed by atoms with Crippen molar-refractivity contribution in [2.45, 2.75) is 45.4 Å². The third-order valence-electron chi connectivity index (χ3n) is 2.64. The van der Waals surface area contributed by atoms with Gasteiger partial charge in [-0.2, -0.15) is 0 Å². The van der Waals surface area contributed by atoms with Crippen LogP contribution >= 0.6 is 0 Å². The number of hydrogen-bond donors (Lipinski definition) is 0. The summed E-state index contributed by atoms with van der Waals surface area (Å²) >= 11 is 0. The van der Waals surface area contributed by atoms with E-state index in [0.717, 1.165) is 18.0 Å². The first kappa shape index (κ1) is 8.79. The zero-order chi connectivity index (χ0) is 9.26. The van der Waals surface area contributed by atoms with Gasteiger partial charge in [0, 0.05) is 5.92 Å². The van der Waals surface area contributed by atoms with E-state index >= 15 is 0 Å². The van der Waals surface area contributed by atoms with E-state index in [9.17, 15) is 0 Å². The van der Waals surface area contributed by atoms with Gasteiger partial charge in [-0.05, 0) is 25.2 Å². The molecule has 0 radical (unpaired) electrons. The summed E-state index contributed by atoms with van der Waals surface area (Å²) in [6, 6.07) is 0. The molecule has 0 unspecified atom stereocenters. The highest BCUT2D eigenvalue weighted by atomic mass is 16.3. The molecule has 1 heterocycles. The van der Waals surface area contributed by atoms with E-state index in [1.807, 2.05) is 6.26 Å². The van der Waals surface area contributed by atoms with E-state index in [1.54, 1.807) is 0 Å². The molecule has 0 atom stereocenters. The number of nitrogens with zero attached hydrogens (tertiary/aromatic N) is 1. The van der Waals surface area contributed by atoms with Crippen LogP contribution in [0.25, 0.3) is 0 Å². The monoisotopic (exact) mass is 179 g/mol. The smallest absolute Gasteiger partial charge is 0.197 e. The average molecular weight is 179 g/mol. The van der Waals surface area contributed by atoms with E-state index in [0.29, 0.717) is 11.8 Å². The molecule has 1 fully saturated rings. The Bertz CT molecular complexity index is 273. The minimum Gasteiger partial charge on any atom is -0.448 e. The van der Waals surface area contributed by atoms with Gasteiger partial charge >= 0.3 is 0 Å². The minimum absolute atomic E-state index is 0.626. The van der Waals surface area contributed by atoms with Crippen molar-refractivity contribution in [1.82, 2.24) is 4.98 Å². The predicted octanol–water partition coefficient (Wildman–Crippen LogP) is 3.14. The largest absolute Gasteiger partial charge is 0.448 e. The van der Waals surface area contributed by atoms with Gasteiger partial charge in [0.2, 0.25) is 0 Å². The minimum atomic E-state index is 0.626. The summed E-state index contributed by atoms with van der Waals surface area (Å²) in [4.78, 5) is 4.51. The molecule has 72 valence electrons. The van der Waals surface area contributed by atoms with Crippen LogP contribution in [-0.4, -0.2) is 4.98 Å². The summed E-state index contributed by atoms with van der Waals surface area (Å²) in [5.41, 5.74) is 1.12. The van der Waals surface area contributed by atoms with Gasteiger partial charge in [0.15, 0.2) is 5.89 Å². The van der Waals surface area contributed by atoms with Crippen molar-refractivity contribution in [3.8, 4) is 0 Å². The van der Waals surface area contributed by atoms with Gasteiger partial charge in [0.1, 0.15) is 6.26 Å². The van der Waals surface area contributed by atoms with Crippen LogP contribution in [0.1, 0.15) is 50.6 Å². The van der Waals surface area contributed by atoms with Crippen LogP contribution in [-0.2, 0) is 6.42 Å². The van der Waals surface area contributed by atoms with Gasteiger partial charge < -0.3 is 4.42 Å². The van der Waals surface area contributed by atoms with E-state index in [2.05, 4.69) is 18.8 Å². The fraction of sp³-hybridized carbons (Fsp3) is 0.727. The molecule has 0 amide bonds. The Morgan fingerprint density at radius 2 is 2.31 bits per heavy atom. The fourth-order valence-corrected chi connectivity index (χ4v) is 1.68. The molecular weight excluding hydrogens is 162 g/mol. The standard InChI is InChI=1S/C11H17NO/c1-8(2)6-10-7-13-11(12-10)9-4-3-5-9/h7-9H,3-6H2,1-2H3. The van der Waals surface area contributed by atoms with Gasteiger partial charge in [-0.1, -0.05) is 20.3 Å². The van der Waals surface area contributed by atoms with Crippen molar-refractivity contribution in [3.63, 3.8) is 0 Å². The molecule has 0 spiro atoms. The molecule has 1 aliphatic carbocycles. The molecule has 2 heteroatoms. The maximum absolute atomic E-state index is 5.46. The van der Waals surface area contributed by atoms with Gasteiger partial charge in [-0.15, -0.1) is 0 Å². The topological polar surface area (TPSA) is 26.0 Å². The molecule has 0 saturated heterocycles. The Labute approximate surface area is 79.4 Å². The molecule has 0 bridgehead atoms. The van der Waals surface area contributed by atoms with Gasteiger partial charge in [-0.3, -0.25) is 0 Å². The van der Waals surface area contributed by atoms with Gasteiger partial charge in [0.25, 0.3) is 0 Å². The maximum Gasteiger partial charge on any atom is 0.197 e. The van der Waals surface area contributed by atoms with Crippen LogP contribution in [0, 0.1) is 5.92 Å². The van der Waals surface area contributed by atoms with Crippen LogP contribution < -0.4 is 0 Å². The molecule has 1 saturated carbocycles. The molecule has 2 rings (SSSR count). The van der Waals surface area contributed by atoms with Crippen LogP contribution in [0.5, 0.6) is 0 Å². The van der Waals surface area contributed by atoms with Crippen molar-refractivity contribution >= 4 is 0 Å². The zero-order valence-corrected chi connectivity index (χ0v) is 8.42. The van der Waals surface area contributed by atoms with Crippen LogP contribution in [0.15, 0.2) is 10.7 Å². The second kappa shape index (κ2) is 3.52. The molecule has 0 N–H and O–H groups in total. The average Bonchev–Trinajstić information content (AvgIpc) is 2.31. The highest BCUT2D eigenvalue weighted by Gasteiger charge is 2.24. The first-order chi connectivity index (χ1) is 6.25. The highest BCUT2D eigenvalue weighted by Crippen LogP contribution is 2.35.